The van der Waals surface area contributed by atoms with Crippen molar-refractivity contribution in [3.8, 4) is 0 Å². The van der Waals surface area contributed by atoms with Crippen LogP contribution in [0.1, 0.15) is 64.7 Å². The van der Waals surface area contributed by atoms with Crippen LogP contribution in [-0.4, -0.2) is 36.4 Å². The number of allylic oxidation sites excluding steroid dienone is 3. The van der Waals surface area contributed by atoms with Crippen LogP contribution in [0.2, 0.25) is 0 Å². The summed E-state index contributed by atoms with van der Waals surface area (Å²) in [4.78, 5) is 35.8. The Morgan fingerprint density at radius 2 is 1.96 bits per heavy atom. The van der Waals surface area contributed by atoms with Crippen LogP contribution in [-0.2, 0) is 23.9 Å². The fourth-order valence-electron chi connectivity index (χ4n) is 3.50. The van der Waals surface area contributed by atoms with E-state index in [2.05, 4.69) is 12.2 Å². The number of ether oxygens (including phenoxy) is 2. The molecule has 6 nitrogen and oxygen atoms in total. The fraction of sp³-hybridized carbons (Fsp3) is 0.591. The zero-order valence-electron chi connectivity index (χ0n) is 16.9. The molecule has 2 rings (SSSR count). The predicted molar refractivity (Wildman–Crippen MR) is 106 cm³/mol. The van der Waals surface area contributed by atoms with Crippen molar-refractivity contribution in [3.63, 3.8) is 0 Å². The molecule has 1 fully saturated rings. The molecule has 6 heteroatoms. The lowest BCUT2D eigenvalue weighted by Gasteiger charge is -2.27. The van der Waals surface area contributed by atoms with Crippen molar-refractivity contribution in [2.45, 2.75) is 76.4 Å². The third kappa shape index (κ3) is 6.08. The first kappa shape index (κ1) is 21.9. The lowest BCUT2D eigenvalue weighted by atomic mass is 9.90. The van der Waals surface area contributed by atoms with E-state index in [0.717, 1.165) is 12.8 Å². The molecule has 0 bridgehead atoms. The molecule has 0 aromatic rings. The van der Waals surface area contributed by atoms with Crippen molar-refractivity contribution in [1.29, 1.82) is 0 Å². The molecule has 1 heterocycles. The highest BCUT2D eigenvalue weighted by Crippen LogP contribution is 2.37. The average Bonchev–Trinajstić information content (AvgIpc) is 2.98. The first-order valence-corrected chi connectivity index (χ1v) is 10.2. The topological polar surface area (TPSA) is 81.7 Å². The van der Waals surface area contributed by atoms with Gasteiger partial charge >= 0.3 is 5.97 Å². The number of esters is 1. The molecule has 154 valence electrons. The number of unbranched alkanes of at least 4 members (excludes halogenated alkanes) is 7. The summed E-state index contributed by atoms with van der Waals surface area (Å²) in [6.07, 6.45) is 17.2. The van der Waals surface area contributed by atoms with Gasteiger partial charge in [0, 0.05) is 12.5 Å². The van der Waals surface area contributed by atoms with Gasteiger partial charge in [0.25, 0.3) is 0 Å². The van der Waals surface area contributed by atoms with Gasteiger partial charge in [-0.1, -0.05) is 51.5 Å². The van der Waals surface area contributed by atoms with Crippen molar-refractivity contribution >= 4 is 17.7 Å². The first-order valence-electron chi connectivity index (χ1n) is 10.2. The van der Waals surface area contributed by atoms with E-state index in [0.29, 0.717) is 0 Å². The van der Waals surface area contributed by atoms with Crippen molar-refractivity contribution in [3.05, 3.63) is 36.1 Å². The molecule has 0 aromatic carbocycles. The van der Waals surface area contributed by atoms with E-state index < -0.39 is 17.6 Å². The largest absolute Gasteiger partial charge is 0.496 e. The molecule has 1 saturated heterocycles. The van der Waals surface area contributed by atoms with Gasteiger partial charge in [-0.05, 0) is 31.1 Å². The molecule has 2 aliphatic rings. The van der Waals surface area contributed by atoms with Gasteiger partial charge in [0.15, 0.2) is 11.4 Å². The summed E-state index contributed by atoms with van der Waals surface area (Å²) in [5.41, 5.74) is -1.11. The molecule has 1 aliphatic heterocycles. The maximum atomic E-state index is 12.2. The number of hydrogen-bond donors (Lipinski definition) is 1. The van der Waals surface area contributed by atoms with Gasteiger partial charge in [0.2, 0.25) is 5.91 Å². The minimum Gasteiger partial charge on any atom is -0.496 e. The predicted octanol–water partition coefficient (Wildman–Crippen LogP) is 3.52. The minimum atomic E-state index is -1.11. The number of rotatable bonds is 11. The molecule has 0 saturated carbocycles. The normalized spacial score (nSPS) is 23.9. The Bertz CT molecular complexity index is 664. The highest BCUT2D eigenvalue weighted by Gasteiger charge is 2.50. The highest BCUT2D eigenvalue weighted by molar-refractivity contribution is 6.01. The number of ketones is 1. The summed E-state index contributed by atoms with van der Waals surface area (Å²) >= 11 is 0. The lowest BCUT2D eigenvalue weighted by Crippen LogP contribution is -2.38. The second kappa shape index (κ2) is 10.8. The minimum absolute atomic E-state index is 0.201. The zero-order chi connectivity index (χ0) is 20.4. The smallest absolute Gasteiger partial charge is 0.330 e. The van der Waals surface area contributed by atoms with Gasteiger partial charge in [0.1, 0.15) is 11.8 Å². The van der Waals surface area contributed by atoms with Crippen molar-refractivity contribution in [2.24, 2.45) is 0 Å². The summed E-state index contributed by atoms with van der Waals surface area (Å²) in [5.74, 6) is -0.796. The van der Waals surface area contributed by atoms with E-state index in [-0.39, 0.29) is 23.9 Å². The number of carbonyl (C=O) groups excluding carboxylic acids is 3. The maximum Gasteiger partial charge on any atom is 0.330 e. The molecule has 28 heavy (non-hydrogen) atoms. The van der Waals surface area contributed by atoms with Gasteiger partial charge in [-0.2, -0.15) is 0 Å². The highest BCUT2D eigenvalue weighted by atomic mass is 16.6. The van der Waals surface area contributed by atoms with E-state index in [1.807, 2.05) is 6.08 Å². The Balaban J connectivity index is 1.74. The van der Waals surface area contributed by atoms with E-state index >= 15 is 0 Å². The second-order valence-corrected chi connectivity index (χ2v) is 7.34. The number of carbonyl (C=O) groups is 3. The summed E-state index contributed by atoms with van der Waals surface area (Å²) in [5, 5.41) is 2.68. The molecule has 0 unspecified atom stereocenters. The number of methoxy groups -OCH3 is 1. The van der Waals surface area contributed by atoms with E-state index in [9.17, 15) is 14.4 Å². The van der Waals surface area contributed by atoms with Crippen LogP contribution >= 0.6 is 0 Å². The molecular formula is C22H31NO5. The average molecular weight is 389 g/mol. The van der Waals surface area contributed by atoms with Gasteiger partial charge in [0.05, 0.1) is 7.11 Å². The first-order chi connectivity index (χ1) is 13.5. The van der Waals surface area contributed by atoms with Gasteiger partial charge < -0.3 is 14.8 Å². The fourth-order valence-corrected chi connectivity index (χ4v) is 3.50. The molecule has 1 aliphatic carbocycles. The monoisotopic (exact) mass is 389 g/mol. The molecule has 1 spiro atoms. The Kier molecular flexibility index (Phi) is 8.48. The van der Waals surface area contributed by atoms with Crippen LogP contribution in [0.5, 0.6) is 0 Å². The maximum absolute atomic E-state index is 12.2. The van der Waals surface area contributed by atoms with Gasteiger partial charge in [-0.15, -0.1) is 0 Å². The Morgan fingerprint density at radius 3 is 2.68 bits per heavy atom. The van der Waals surface area contributed by atoms with Crippen LogP contribution in [0.4, 0.5) is 0 Å². The van der Waals surface area contributed by atoms with E-state index in [4.69, 9.17) is 9.47 Å². The quantitative estimate of drug-likeness (QED) is 0.332. The van der Waals surface area contributed by atoms with Gasteiger partial charge in [-0.3, -0.25) is 9.59 Å². The number of amides is 1. The Morgan fingerprint density at radius 1 is 1.25 bits per heavy atom. The Labute approximate surface area is 167 Å². The third-order valence-electron chi connectivity index (χ3n) is 5.06. The van der Waals surface area contributed by atoms with Crippen molar-refractivity contribution in [1.82, 2.24) is 5.32 Å². The molecule has 2 atom stereocenters. The van der Waals surface area contributed by atoms with Crippen LogP contribution in [0.15, 0.2) is 36.1 Å². The third-order valence-corrected chi connectivity index (χ3v) is 5.06. The van der Waals surface area contributed by atoms with Crippen LogP contribution in [0.3, 0.4) is 0 Å². The van der Waals surface area contributed by atoms with Gasteiger partial charge in [-0.25, -0.2) is 4.79 Å². The molecule has 1 amide bonds. The number of nitrogens with one attached hydrogen (secondary N) is 1. The van der Waals surface area contributed by atoms with Crippen molar-refractivity contribution < 1.29 is 23.9 Å². The summed E-state index contributed by atoms with van der Waals surface area (Å²) in [7, 11) is 1.42. The summed E-state index contributed by atoms with van der Waals surface area (Å²) in [6.45, 7) is 2.21. The van der Waals surface area contributed by atoms with Crippen molar-refractivity contribution in [2.75, 3.05) is 7.11 Å². The summed E-state index contributed by atoms with van der Waals surface area (Å²) < 4.78 is 10.7. The van der Waals surface area contributed by atoms with E-state index in [1.54, 1.807) is 0 Å². The van der Waals surface area contributed by atoms with Crippen LogP contribution in [0, 0.1) is 0 Å². The molecule has 0 aromatic heterocycles. The number of hydrogen-bond acceptors (Lipinski definition) is 5. The standard InChI is InChI=1S/C22H31NO5/c1-3-4-5-6-7-8-9-10-11-12-20(25)23-18-16-22(28-21(18)26)14-13-17(24)15-19(22)27-2/h11-15,18H,3-10,16H2,1-2H3,(H,23,25)/b12-11+/t18-,22+/m0/s1. The van der Waals surface area contributed by atoms with E-state index in [1.165, 1.54) is 69.9 Å². The molecular weight excluding hydrogens is 358 g/mol. The molecule has 0 radical (unpaired) electrons. The Hall–Kier alpha value is -2.37. The van der Waals surface area contributed by atoms with Crippen LogP contribution in [0.25, 0.3) is 0 Å². The SMILES string of the molecule is CCCCCCCCC/C=C/C(=O)N[C@H]1C[C@@]2(C=CC(=O)C=C2OC)OC1=O. The molecule has 1 N–H and O–H groups in total. The lowest BCUT2D eigenvalue weighted by molar-refractivity contribution is -0.147. The zero-order valence-corrected chi connectivity index (χ0v) is 16.9. The van der Waals surface area contributed by atoms with Crippen LogP contribution < -0.4 is 5.32 Å². The summed E-state index contributed by atoms with van der Waals surface area (Å²) in [6, 6.07) is -0.771. The second-order valence-electron chi connectivity index (χ2n) is 7.34.